The van der Waals surface area contributed by atoms with E-state index in [0.717, 1.165) is 11.6 Å². The fourth-order valence-corrected chi connectivity index (χ4v) is 1.82. The van der Waals surface area contributed by atoms with Crippen LogP contribution in [0, 0.1) is 0 Å². The van der Waals surface area contributed by atoms with Crippen LogP contribution < -0.4 is 5.32 Å². The molecular weight excluding hydrogens is 160 g/mol. The zero-order valence-corrected chi connectivity index (χ0v) is 7.57. The number of hydrogen-bond donors (Lipinski definition) is 1. The molecule has 1 atom stereocenters. The minimum absolute atomic E-state index is 0.0189. The van der Waals surface area contributed by atoms with E-state index in [1.54, 1.807) is 6.92 Å². The number of nitrogens with zero attached hydrogens (tertiary/aromatic N) is 1. The van der Waals surface area contributed by atoms with Gasteiger partial charge in [-0.3, -0.25) is 4.79 Å². The van der Waals surface area contributed by atoms with Gasteiger partial charge in [-0.25, -0.2) is 4.40 Å². The van der Waals surface area contributed by atoms with Crippen molar-refractivity contribution in [2.75, 3.05) is 5.75 Å². The lowest BCUT2D eigenvalue weighted by Crippen LogP contribution is -2.19. The maximum atomic E-state index is 10.7. The van der Waals surface area contributed by atoms with E-state index in [1.165, 1.54) is 0 Å². The lowest BCUT2D eigenvalue weighted by molar-refractivity contribution is -0.115. The molecule has 11 heavy (non-hydrogen) atoms. The third-order valence-electron chi connectivity index (χ3n) is 1.30. The number of hydrogen-bond acceptors (Lipinski definition) is 3. The molecule has 1 N–H and O–H groups in total. The molecule has 1 rings (SSSR count). The van der Waals surface area contributed by atoms with Crippen LogP contribution in [0.4, 0.5) is 0 Å². The summed E-state index contributed by atoms with van der Waals surface area (Å²) in [6.07, 6.45) is 0.444. The predicted molar refractivity (Wildman–Crippen MR) is 50.1 cm³/mol. The minimum Gasteiger partial charge on any atom is -0.343 e. The van der Waals surface area contributed by atoms with E-state index >= 15 is 0 Å². The van der Waals surface area contributed by atoms with Crippen molar-refractivity contribution in [3.63, 3.8) is 0 Å². The van der Waals surface area contributed by atoms with Crippen LogP contribution in [-0.2, 0) is 4.79 Å². The second-order valence-corrected chi connectivity index (χ2v) is 4.17. The smallest absolute Gasteiger partial charge is 0.137 e. The highest BCUT2D eigenvalue weighted by molar-refractivity contribution is 8.14. The molecule has 0 amide bonds. The summed E-state index contributed by atoms with van der Waals surface area (Å²) in [5, 5.41) is 3.01. The number of ketones is 1. The highest BCUT2D eigenvalue weighted by atomic mass is 32.2. The predicted octanol–water partition coefficient (Wildman–Crippen LogP) is 0.931. The van der Waals surface area contributed by atoms with Crippen LogP contribution >= 0.6 is 10.7 Å². The van der Waals surface area contributed by atoms with Crippen molar-refractivity contribution >= 4 is 27.8 Å². The van der Waals surface area contributed by atoms with Crippen LogP contribution in [0.15, 0.2) is 4.40 Å². The quantitative estimate of drug-likeness (QED) is 0.643. The van der Waals surface area contributed by atoms with Gasteiger partial charge in [-0.05, 0) is 6.92 Å². The first kappa shape index (κ1) is 8.46. The lowest BCUT2D eigenvalue weighted by Gasteiger charge is -1.94. The third-order valence-corrected chi connectivity index (χ3v) is 2.74. The minimum atomic E-state index is 0.0189. The number of Topliss-reactive ketones (excluding diaryl/α,β-unsaturated/α-hetero) is 1. The summed E-state index contributed by atoms with van der Waals surface area (Å²) in [6.45, 7) is 3.66. The summed E-state index contributed by atoms with van der Waals surface area (Å²) in [6, 6.07) is 0. The van der Waals surface area contributed by atoms with Gasteiger partial charge < -0.3 is 5.32 Å². The van der Waals surface area contributed by atoms with Gasteiger partial charge in [0.1, 0.15) is 11.6 Å². The monoisotopic (exact) mass is 172 g/mol. The Labute approximate surface area is 69.0 Å². The molecule has 0 aromatic carbocycles. The van der Waals surface area contributed by atoms with Crippen molar-refractivity contribution in [1.29, 1.82) is 0 Å². The molecule has 0 radical (unpaired) electrons. The molecule has 62 valence electrons. The highest BCUT2D eigenvalue weighted by Gasteiger charge is 2.06. The lowest BCUT2D eigenvalue weighted by atomic mass is 10.3. The zero-order valence-electron chi connectivity index (χ0n) is 6.76. The Morgan fingerprint density at radius 2 is 2.55 bits per heavy atom. The van der Waals surface area contributed by atoms with E-state index in [4.69, 9.17) is 0 Å². The summed E-state index contributed by atoms with van der Waals surface area (Å²) in [7, 11) is 0.0189. The fraction of sp³-hybridized carbons (Fsp3) is 0.571. The Morgan fingerprint density at radius 3 is 3.00 bits per heavy atom. The van der Waals surface area contributed by atoms with E-state index in [0.29, 0.717) is 6.42 Å². The SMILES string of the molecule is CCS1=CNC(CC(C)=O)=N1. The molecule has 3 nitrogen and oxygen atoms in total. The maximum Gasteiger partial charge on any atom is 0.137 e. The van der Waals surface area contributed by atoms with Crippen molar-refractivity contribution in [3.05, 3.63) is 0 Å². The van der Waals surface area contributed by atoms with Gasteiger partial charge >= 0.3 is 0 Å². The van der Waals surface area contributed by atoms with Gasteiger partial charge in [0.05, 0.1) is 6.42 Å². The van der Waals surface area contributed by atoms with Crippen LogP contribution in [0.2, 0.25) is 0 Å². The molecule has 0 saturated heterocycles. The third kappa shape index (κ3) is 2.46. The van der Waals surface area contributed by atoms with Crippen molar-refractivity contribution in [3.8, 4) is 0 Å². The summed E-state index contributed by atoms with van der Waals surface area (Å²) >= 11 is 0. The summed E-state index contributed by atoms with van der Waals surface area (Å²) < 4.78 is 4.30. The molecule has 0 aromatic rings. The molecule has 1 aliphatic heterocycles. The molecule has 1 unspecified atom stereocenters. The summed E-state index contributed by atoms with van der Waals surface area (Å²) in [4.78, 5) is 10.7. The van der Waals surface area contributed by atoms with E-state index < -0.39 is 0 Å². The highest BCUT2D eigenvalue weighted by Crippen LogP contribution is 2.16. The Morgan fingerprint density at radius 1 is 1.82 bits per heavy atom. The first-order valence-electron chi connectivity index (χ1n) is 3.59. The largest absolute Gasteiger partial charge is 0.343 e. The number of rotatable bonds is 3. The fourth-order valence-electron chi connectivity index (χ4n) is 0.797. The first-order valence-corrected chi connectivity index (χ1v) is 5.00. The number of carbonyl (C=O) groups excluding carboxylic acids is 1. The van der Waals surface area contributed by atoms with Crippen LogP contribution in [-0.4, -0.2) is 22.9 Å². The van der Waals surface area contributed by atoms with Crippen LogP contribution in [0.3, 0.4) is 0 Å². The van der Waals surface area contributed by atoms with Crippen molar-refractivity contribution in [2.45, 2.75) is 20.3 Å². The normalized spacial score (nSPS) is 22.0. The Balaban J connectivity index is 2.48. The van der Waals surface area contributed by atoms with E-state index in [-0.39, 0.29) is 16.5 Å². The van der Waals surface area contributed by atoms with Gasteiger partial charge in [0.25, 0.3) is 0 Å². The molecule has 1 heterocycles. The van der Waals surface area contributed by atoms with Gasteiger partial charge in [0, 0.05) is 11.2 Å². The number of amidine groups is 1. The maximum absolute atomic E-state index is 10.7. The Bertz CT molecular complexity index is 233. The van der Waals surface area contributed by atoms with Crippen molar-refractivity contribution in [1.82, 2.24) is 5.32 Å². The Hall–Kier alpha value is -0.640. The average Bonchev–Trinajstić information content (AvgIpc) is 2.34. The van der Waals surface area contributed by atoms with Gasteiger partial charge in [-0.1, -0.05) is 17.6 Å². The van der Waals surface area contributed by atoms with Crippen LogP contribution in [0.25, 0.3) is 0 Å². The molecule has 4 heteroatoms. The molecular formula is C7H12N2OS. The van der Waals surface area contributed by atoms with Gasteiger partial charge in [0.15, 0.2) is 0 Å². The molecule has 0 spiro atoms. The van der Waals surface area contributed by atoms with Crippen LogP contribution in [0.1, 0.15) is 20.3 Å². The molecule has 0 aromatic heterocycles. The first-order chi connectivity index (χ1) is 5.22. The number of nitrogens with one attached hydrogen (secondary N) is 1. The van der Waals surface area contributed by atoms with E-state index in [1.807, 2.05) is 5.49 Å². The van der Waals surface area contributed by atoms with Crippen molar-refractivity contribution in [2.24, 2.45) is 4.40 Å². The molecule has 0 bridgehead atoms. The Kier molecular flexibility index (Phi) is 2.82. The average molecular weight is 172 g/mol. The summed E-state index contributed by atoms with van der Waals surface area (Å²) in [5.74, 6) is 2.00. The summed E-state index contributed by atoms with van der Waals surface area (Å²) in [5.41, 5.74) is 1.96. The molecule has 0 saturated carbocycles. The van der Waals surface area contributed by atoms with Crippen LogP contribution in [0.5, 0.6) is 0 Å². The number of carbonyl (C=O) groups is 1. The van der Waals surface area contributed by atoms with E-state index in [9.17, 15) is 4.79 Å². The second-order valence-electron chi connectivity index (χ2n) is 2.37. The van der Waals surface area contributed by atoms with Gasteiger partial charge in [-0.15, -0.1) is 0 Å². The van der Waals surface area contributed by atoms with Gasteiger partial charge in [0.2, 0.25) is 0 Å². The standard InChI is InChI=1S/C7H12N2OS/c1-3-11-5-8-7(9-11)4-6(2)10/h5H,3-4H2,1-2H3,(H,8,9). The molecule has 0 fully saturated rings. The van der Waals surface area contributed by atoms with Crippen molar-refractivity contribution < 1.29 is 4.79 Å². The molecule has 0 aliphatic carbocycles. The second kappa shape index (κ2) is 3.67. The zero-order chi connectivity index (χ0) is 8.27. The topological polar surface area (TPSA) is 41.5 Å². The van der Waals surface area contributed by atoms with Gasteiger partial charge in [-0.2, -0.15) is 0 Å². The molecule has 1 aliphatic rings. The van der Waals surface area contributed by atoms with E-state index in [2.05, 4.69) is 16.6 Å².